The van der Waals surface area contributed by atoms with Gasteiger partial charge < -0.3 is 35.0 Å². The highest BCUT2D eigenvalue weighted by molar-refractivity contribution is 6.38. The fourth-order valence-electron chi connectivity index (χ4n) is 8.04. The molecule has 3 aliphatic heterocycles. The zero-order valence-corrected chi connectivity index (χ0v) is 37.5. The van der Waals surface area contributed by atoms with Crippen LogP contribution in [0.15, 0.2) is 97.2 Å². The fraction of sp³-hybridized carbons (Fsp3) is 0.319. The molecule has 19 heteroatoms. The van der Waals surface area contributed by atoms with Gasteiger partial charge in [-0.3, -0.25) is 39.1 Å². The number of piperidine rings is 1. The highest BCUT2D eigenvalue weighted by atomic mass is 35.5. The van der Waals surface area contributed by atoms with Gasteiger partial charge in [0, 0.05) is 88.0 Å². The predicted octanol–water partition coefficient (Wildman–Crippen LogP) is 5.14. The summed E-state index contributed by atoms with van der Waals surface area (Å²) in [5, 5.41) is 13.5. The van der Waals surface area contributed by atoms with Gasteiger partial charge in [0.2, 0.25) is 23.6 Å². The minimum Gasteiger partial charge on any atom is -0.380 e. The smallest absolute Gasteiger partial charge is 0.274 e. The number of benzene rings is 3. The number of halogens is 2. The number of rotatable bonds is 14. The average molecular weight is 936 g/mol. The Kier molecular flexibility index (Phi) is 14.6. The number of ether oxygens (including phenoxy) is 1. The number of aromatic nitrogens is 3. The lowest BCUT2D eigenvalue weighted by Gasteiger charge is -2.36. The van der Waals surface area contributed by atoms with Crippen LogP contribution in [0.3, 0.4) is 0 Å². The van der Waals surface area contributed by atoms with Crippen LogP contribution < -0.4 is 20.9 Å². The normalized spacial score (nSPS) is 16.5. The molecule has 6 amide bonds. The minimum atomic E-state index is -0.536. The number of anilines is 3. The van der Waals surface area contributed by atoms with Crippen molar-refractivity contribution in [3.63, 3.8) is 0 Å². The van der Waals surface area contributed by atoms with Crippen molar-refractivity contribution in [2.45, 2.75) is 31.7 Å². The van der Waals surface area contributed by atoms with Crippen LogP contribution >= 0.6 is 23.2 Å². The van der Waals surface area contributed by atoms with E-state index >= 15 is 0 Å². The Morgan fingerprint density at radius 3 is 2.03 bits per heavy atom. The number of hydrogen-bond acceptors (Lipinski definition) is 11. The van der Waals surface area contributed by atoms with Crippen molar-refractivity contribution in [3.05, 3.63) is 118 Å². The van der Waals surface area contributed by atoms with E-state index in [1.807, 2.05) is 53.4 Å². The number of nitrogens with zero attached hydrogens (tertiary/aromatic N) is 7. The lowest BCUT2D eigenvalue weighted by atomic mass is 10.1. The number of carbonyl (C=O) groups excluding carboxylic acids is 6. The maximum Gasteiger partial charge on any atom is 0.274 e. The summed E-state index contributed by atoms with van der Waals surface area (Å²) in [6.45, 7) is 4.10. The Bertz CT molecular complexity index is 2580. The summed E-state index contributed by atoms with van der Waals surface area (Å²) < 4.78 is 7.19. The molecule has 0 spiro atoms. The van der Waals surface area contributed by atoms with E-state index in [-0.39, 0.29) is 90.8 Å². The molecule has 5 heterocycles. The lowest BCUT2D eigenvalue weighted by Crippen LogP contribution is -2.50. The SMILES string of the molecule is O=C1CCC(Nc2ccc(N3CCN(C(=O)CCOCCC(=O)N4CCN(C(=O)c5cc(NC(=O)c6cc(-c7ccccn7)c(Cl)cc6Cl)n(-c6ccccc6)n5)CC4)CC3)cc2)C(=O)N1. The van der Waals surface area contributed by atoms with Gasteiger partial charge in [-0.25, -0.2) is 4.68 Å². The van der Waals surface area contributed by atoms with Gasteiger partial charge in [0.1, 0.15) is 11.9 Å². The van der Waals surface area contributed by atoms with Gasteiger partial charge in [-0.05, 0) is 67.1 Å². The molecule has 3 N–H and O–H groups in total. The highest BCUT2D eigenvalue weighted by Gasteiger charge is 2.29. The standard InChI is InChI=1S/C47H48Cl2N10O7/c48-36-29-37(49)35(28-34(36)38-8-4-5-17-50-38)45(63)52-41-30-40(54-59(41)33-6-2-1-3-7-33)47(65)58-24-22-57(23-25-58)44(62)16-27-66-26-15-43(61)56-20-18-55(19-21-56)32-11-9-31(10-12-32)51-39-13-14-42(60)53-46(39)64/h1-12,17,28-30,39,51H,13-16,18-27H2,(H,52,63)(H,53,60,64). The van der Waals surface area contributed by atoms with Gasteiger partial charge in [0.05, 0.1) is 53.0 Å². The van der Waals surface area contributed by atoms with Crippen molar-refractivity contribution in [2.24, 2.45) is 0 Å². The monoisotopic (exact) mass is 934 g/mol. The minimum absolute atomic E-state index is 0.00481. The molecule has 3 saturated heterocycles. The summed E-state index contributed by atoms with van der Waals surface area (Å²) in [5.74, 6) is -1.31. The average Bonchev–Trinajstić information content (AvgIpc) is 3.76. The zero-order chi connectivity index (χ0) is 46.2. The summed E-state index contributed by atoms with van der Waals surface area (Å²) in [4.78, 5) is 88.8. The number of pyridine rings is 1. The molecule has 1 atom stereocenters. The van der Waals surface area contributed by atoms with Gasteiger partial charge >= 0.3 is 0 Å². The number of piperazine rings is 2. The molecule has 3 aromatic carbocycles. The molecule has 17 nitrogen and oxygen atoms in total. The number of amides is 6. The Labute approximate surface area is 391 Å². The van der Waals surface area contributed by atoms with Crippen molar-refractivity contribution in [3.8, 4) is 16.9 Å². The van der Waals surface area contributed by atoms with Crippen LogP contribution in [0.1, 0.15) is 46.5 Å². The quantitative estimate of drug-likeness (QED) is 0.0988. The number of imide groups is 1. The van der Waals surface area contributed by atoms with E-state index in [4.69, 9.17) is 27.9 Å². The molecular formula is C47H48Cl2N10O7. The molecule has 8 rings (SSSR count). The molecule has 3 fully saturated rings. The maximum absolute atomic E-state index is 13.8. The number of hydrogen-bond donors (Lipinski definition) is 3. The molecule has 0 radical (unpaired) electrons. The van der Waals surface area contributed by atoms with Crippen molar-refractivity contribution in [1.29, 1.82) is 0 Å². The van der Waals surface area contributed by atoms with E-state index in [2.05, 4.69) is 30.9 Å². The van der Waals surface area contributed by atoms with Gasteiger partial charge in [0.25, 0.3) is 11.8 Å². The second kappa shape index (κ2) is 21.0. The van der Waals surface area contributed by atoms with Crippen LogP contribution in [0.4, 0.5) is 17.2 Å². The fourth-order valence-corrected chi connectivity index (χ4v) is 8.60. The molecule has 3 aliphatic rings. The topological polar surface area (TPSA) is 191 Å². The predicted molar refractivity (Wildman–Crippen MR) is 249 cm³/mol. The molecule has 66 heavy (non-hydrogen) atoms. The largest absolute Gasteiger partial charge is 0.380 e. The van der Waals surface area contributed by atoms with E-state index in [1.165, 1.54) is 16.8 Å². The van der Waals surface area contributed by atoms with Gasteiger partial charge in [0.15, 0.2) is 5.69 Å². The van der Waals surface area contributed by atoms with Crippen molar-refractivity contribution in [2.75, 3.05) is 81.1 Å². The second-order valence-corrected chi connectivity index (χ2v) is 16.8. The van der Waals surface area contributed by atoms with Crippen LogP contribution in [0.5, 0.6) is 0 Å². The molecule has 5 aromatic rings. The summed E-state index contributed by atoms with van der Waals surface area (Å²) >= 11 is 13.0. The first-order chi connectivity index (χ1) is 32.0. The van der Waals surface area contributed by atoms with Crippen molar-refractivity contribution >= 4 is 75.8 Å². The third-order valence-electron chi connectivity index (χ3n) is 11.7. The van der Waals surface area contributed by atoms with Crippen LogP contribution in [0, 0.1) is 0 Å². The van der Waals surface area contributed by atoms with E-state index in [9.17, 15) is 28.8 Å². The Hall–Kier alpha value is -6.82. The zero-order valence-electron chi connectivity index (χ0n) is 36.0. The number of nitrogens with one attached hydrogen (secondary N) is 3. The maximum atomic E-state index is 13.8. The summed E-state index contributed by atoms with van der Waals surface area (Å²) in [7, 11) is 0. The first kappa shape index (κ1) is 45.7. The van der Waals surface area contributed by atoms with Gasteiger partial charge in [-0.2, -0.15) is 5.10 Å². The van der Waals surface area contributed by atoms with E-state index in [1.54, 1.807) is 46.3 Å². The van der Waals surface area contributed by atoms with Gasteiger partial charge in [-0.15, -0.1) is 0 Å². The van der Waals surface area contributed by atoms with E-state index in [0.717, 1.165) is 11.4 Å². The third kappa shape index (κ3) is 11.0. The molecule has 0 aliphatic carbocycles. The van der Waals surface area contributed by atoms with E-state index < -0.39 is 11.9 Å². The molecule has 342 valence electrons. The highest BCUT2D eigenvalue weighted by Crippen LogP contribution is 2.33. The van der Waals surface area contributed by atoms with Crippen LogP contribution in [-0.2, 0) is 23.9 Å². The summed E-state index contributed by atoms with van der Waals surface area (Å²) in [5.41, 5.74) is 3.80. The van der Waals surface area contributed by atoms with Gasteiger partial charge in [-0.1, -0.05) is 47.5 Å². The summed E-state index contributed by atoms with van der Waals surface area (Å²) in [6, 6.07) is 26.4. The first-order valence-corrected chi connectivity index (χ1v) is 22.5. The molecule has 2 aromatic heterocycles. The second-order valence-electron chi connectivity index (χ2n) is 16.0. The molecule has 1 unspecified atom stereocenters. The Morgan fingerprint density at radius 2 is 1.38 bits per heavy atom. The van der Waals surface area contributed by atoms with Crippen molar-refractivity contribution < 1.29 is 33.5 Å². The molecule has 0 saturated carbocycles. The van der Waals surface area contributed by atoms with E-state index in [0.29, 0.717) is 74.1 Å². The number of carbonyl (C=O) groups is 6. The Morgan fingerprint density at radius 1 is 0.727 bits per heavy atom. The van der Waals surface area contributed by atoms with Crippen LogP contribution in [-0.4, -0.2) is 137 Å². The summed E-state index contributed by atoms with van der Waals surface area (Å²) in [6.07, 6.45) is 2.75. The number of para-hydroxylation sites is 1. The first-order valence-electron chi connectivity index (χ1n) is 21.8. The van der Waals surface area contributed by atoms with Crippen LogP contribution in [0.25, 0.3) is 16.9 Å². The Balaban J connectivity index is 0.767. The molecule has 0 bridgehead atoms. The van der Waals surface area contributed by atoms with Crippen molar-refractivity contribution in [1.82, 2.24) is 34.8 Å². The molecular weight excluding hydrogens is 887 g/mol. The third-order valence-corrected chi connectivity index (χ3v) is 12.3. The van der Waals surface area contributed by atoms with Crippen LogP contribution in [0.2, 0.25) is 10.0 Å². The lowest BCUT2D eigenvalue weighted by molar-refractivity contribution is -0.135.